The number of hydrogen-bond donors (Lipinski definition) is 2. The summed E-state index contributed by atoms with van der Waals surface area (Å²) in [6.45, 7) is 4.76. The lowest BCUT2D eigenvalue weighted by Crippen LogP contribution is -2.21. The quantitative estimate of drug-likeness (QED) is 0.562. The number of anilines is 3. The van der Waals surface area contributed by atoms with Crippen LogP contribution < -0.4 is 10.2 Å². The monoisotopic (exact) mass is 415 g/mol. The second-order valence-electron chi connectivity index (χ2n) is 7.32. The van der Waals surface area contributed by atoms with Crippen LogP contribution in [0.25, 0.3) is 0 Å². The van der Waals surface area contributed by atoms with Crippen LogP contribution in [0.5, 0.6) is 5.75 Å². The largest absolute Gasteiger partial charge is 0.505 e. The van der Waals surface area contributed by atoms with Crippen LogP contribution in [-0.4, -0.2) is 45.8 Å². The molecule has 29 heavy (non-hydrogen) atoms. The Morgan fingerprint density at radius 3 is 2.69 bits per heavy atom. The predicted molar refractivity (Wildman–Crippen MR) is 114 cm³/mol. The SMILES string of the molecule is CC(C)c1coc(CN(C)c2nsnc2Nc2cccc(C(=O)N(C)C)c2O)c1. The minimum atomic E-state index is -0.279. The van der Waals surface area contributed by atoms with Gasteiger partial charge in [-0.2, -0.15) is 8.75 Å². The van der Waals surface area contributed by atoms with E-state index in [-0.39, 0.29) is 17.2 Å². The second kappa shape index (κ2) is 8.52. The molecule has 0 saturated carbocycles. The first-order chi connectivity index (χ1) is 13.8. The van der Waals surface area contributed by atoms with E-state index in [1.807, 2.05) is 18.0 Å². The highest BCUT2D eigenvalue weighted by atomic mass is 32.1. The molecule has 2 N–H and O–H groups in total. The van der Waals surface area contributed by atoms with Gasteiger partial charge in [0.05, 0.1) is 35.8 Å². The molecule has 0 saturated heterocycles. The Balaban J connectivity index is 1.80. The van der Waals surface area contributed by atoms with Crippen molar-refractivity contribution in [3.05, 3.63) is 47.4 Å². The van der Waals surface area contributed by atoms with E-state index in [1.165, 1.54) is 4.90 Å². The van der Waals surface area contributed by atoms with E-state index in [4.69, 9.17) is 4.42 Å². The molecule has 0 aliphatic rings. The molecule has 2 heterocycles. The number of aromatic hydroxyl groups is 1. The van der Waals surface area contributed by atoms with Gasteiger partial charge in [-0.3, -0.25) is 4.79 Å². The van der Waals surface area contributed by atoms with Gasteiger partial charge in [-0.05, 0) is 29.7 Å². The molecule has 0 spiro atoms. The van der Waals surface area contributed by atoms with Crippen molar-refractivity contribution in [3.63, 3.8) is 0 Å². The lowest BCUT2D eigenvalue weighted by atomic mass is 10.1. The molecule has 3 aromatic rings. The molecule has 3 rings (SSSR count). The number of phenolic OH excluding ortho intramolecular Hbond substituents is 1. The zero-order chi connectivity index (χ0) is 21.1. The number of phenols is 1. The second-order valence-corrected chi connectivity index (χ2v) is 7.85. The molecule has 8 nitrogen and oxygen atoms in total. The van der Waals surface area contributed by atoms with E-state index < -0.39 is 0 Å². The van der Waals surface area contributed by atoms with Crippen LogP contribution in [-0.2, 0) is 6.54 Å². The van der Waals surface area contributed by atoms with E-state index in [1.54, 1.807) is 38.6 Å². The normalized spacial score (nSPS) is 11.0. The smallest absolute Gasteiger partial charge is 0.257 e. The molecule has 154 valence electrons. The molecule has 1 aromatic carbocycles. The average Bonchev–Trinajstić information content (AvgIpc) is 3.32. The molecule has 2 aromatic heterocycles. The molecule has 9 heteroatoms. The number of aromatic nitrogens is 2. The highest BCUT2D eigenvalue weighted by molar-refractivity contribution is 6.99. The zero-order valence-electron chi connectivity index (χ0n) is 17.1. The third-order valence-electron chi connectivity index (χ3n) is 4.49. The number of nitrogens with zero attached hydrogens (tertiary/aromatic N) is 4. The van der Waals surface area contributed by atoms with Gasteiger partial charge in [0.1, 0.15) is 5.76 Å². The van der Waals surface area contributed by atoms with E-state index in [0.717, 1.165) is 23.1 Å². The van der Waals surface area contributed by atoms with E-state index in [9.17, 15) is 9.90 Å². The van der Waals surface area contributed by atoms with Crippen molar-refractivity contribution in [2.75, 3.05) is 31.4 Å². The first kappa shape index (κ1) is 20.7. The summed E-state index contributed by atoms with van der Waals surface area (Å²) < 4.78 is 14.3. The topological polar surface area (TPSA) is 94.7 Å². The van der Waals surface area contributed by atoms with Gasteiger partial charge < -0.3 is 24.6 Å². The van der Waals surface area contributed by atoms with Gasteiger partial charge in [0.25, 0.3) is 5.91 Å². The van der Waals surface area contributed by atoms with Gasteiger partial charge in [0.2, 0.25) is 0 Å². The molecular weight excluding hydrogens is 390 g/mol. The standard InChI is InChI=1S/C20H25N5O3S/c1-12(2)13-9-14(28-11-13)10-25(5)19-18(22-29-23-19)21-16-8-6-7-15(17(16)26)20(27)24(3)4/h6-9,11-12,26H,10H2,1-5H3,(H,21,22). The molecule has 1 amide bonds. The van der Waals surface area contributed by atoms with Crippen molar-refractivity contribution in [3.8, 4) is 5.75 Å². The van der Waals surface area contributed by atoms with Crippen LogP contribution in [0, 0.1) is 0 Å². The summed E-state index contributed by atoms with van der Waals surface area (Å²) in [5.41, 5.74) is 1.76. The average molecular weight is 416 g/mol. The number of para-hydroxylation sites is 1. The first-order valence-corrected chi connectivity index (χ1v) is 9.92. The highest BCUT2D eigenvalue weighted by Gasteiger charge is 2.19. The number of nitrogens with one attached hydrogen (secondary N) is 1. The molecule has 0 unspecified atom stereocenters. The molecule has 0 atom stereocenters. The fraction of sp³-hybridized carbons (Fsp3) is 0.350. The molecule has 0 aliphatic carbocycles. The summed E-state index contributed by atoms with van der Waals surface area (Å²) >= 11 is 1.06. The first-order valence-electron chi connectivity index (χ1n) is 9.19. The van der Waals surface area contributed by atoms with E-state index in [2.05, 4.69) is 27.9 Å². The number of rotatable bonds is 7. The fourth-order valence-electron chi connectivity index (χ4n) is 2.79. The molecule has 0 radical (unpaired) electrons. The Morgan fingerprint density at radius 2 is 2.03 bits per heavy atom. The van der Waals surface area contributed by atoms with Crippen LogP contribution in [0.2, 0.25) is 0 Å². The van der Waals surface area contributed by atoms with Crippen LogP contribution >= 0.6 is 11.7 Å². The van der Waals surface area contributed by atoms with Gasteiger partial charge in [-0.25, -0.2) is 0 Å². The summed E-state index contributed by atoms with van der Waals surface area (Å²) in [6.07, 6.45) is 1.78. The van der Waals surface area contributed by atoms with Crippen molar-refractivity contribution >= 4 is 35.0 Å². The summed E-state index contributed by atoms with van der Waals surface area (Å²) in [6, 6.07) is 7.01. The minimum absolute atomic E-state index is 0.125. The van der Waals surface area contributed by atoms with Gasteiger partial charge in [-0.1, -0.05) is 19.9 Å². The lowest BCUT2D eigenvalue weighted by molar-refractivity contribution is 0.0824. The summed E-state index contributed by atoms with van der Waals surface area (Å²) in [4.78, 5) is 15.6. The maximum Gasteiger partial charge on any atom is 0.257 e. The third kappa shape index (κ3) is 4.51. The Bertz CT molecular complexity index is 996. The molecular formula is C20H25N5O3S. The predicted octanol–water partition coefficient (Wildman–Crippen LogP) is 4.04. The zero-order valence-corrected chi connectivity index (χ0v) is 17.9. The van der Waals surface area contributed by atoms with Crippen molar-refractivity contribution in [2.24, 2.45) is 0 Å². The maximum atomic E-state index is 12.2. The van der Waals surface area contributed by atoms with Gasteiger partial charge in [0, 0.05) is 21.1 Å². The Kier molecular flexibility index (Phi) is 6.07. The maximum absolute atomic E-state index is 12.2. The van der Waals surface area contributed by atoms with Gasteiger partial charge in [-0.15, -0.1) is 0 Å². The number of carbonyl (C=O) groups is 1. The number of hydrogen-bond acceptors (Lipinski definition) is 8. The minimum Gasteiger partial charge on any atom is -0.505 e. The summed E-state index contributed by atoms with van der Waals surface area (Å²) in [5, 5.41) is 13.6. The van der Waals surface area contributed by atoms with E-state index >= 15 is 0 Å². The van der Waals surface area contributed by atoms with Crippen molar-refractivity contribution in [2.45, 2.75) is 26.3 Å². The fourth-order valence-corrected chi connectivity index (χ4v) is 3.34. The number of amides is 1. The van der Waals surface area contributed by atoms with Gasteiger partial charge >= 0.3 is 0 Å². The molecule has 0 bridgehead atoms. The van der Waals surface area contributed by atoms with E-state index in [0.29, 0.717) is 29.8 Å². The van der Waals surface area contributed by atoms with Gasteiger partial charge in [0.15, 0.2) is 17.4 Å². The number of benzene rings is 1. The third-order valence-corrected chi connectivity index (χ3v) is 5.01. The summed E-state index contributed by atoms with van der Waals surface area (Å²) in [5.74, 6) is 1.95. The Hall–Kier alpha value is -3.07. The van der Waals surface area contributed by atoms with Crippen LogP contribution in [0.1, 0.15) is 41.4 Å². The van der Waals surface area contributed by atoms with Crippen LogP contribution in [0.15, 0.2) is 34.9 Å². The Labute approximate surface area is 174 Å². The van der Waals surface area contributed by atoms with Crippen molar-refractivity contribution < 1.29 is 14.3 Å². The Morgan fingerprint density at radius 1 is 1.28 bits per heavy atom. The van der Waals surface area contributed by atoms with Crippen LogP contribution in [0.4, 0.5) is 17.3 Å². The number of furan rings is 1. The van der Waals surface area contributed by atoms with Crippen molar-refractivity contribution in [1.82, 2.24) is 13.6 Å². The number of carbonyl (C=O) groups excluding carboxylic acids is 1. The van der Waals surface area contributed by atoms with Crippen molar-refractivity contribution in [1.29, 1.82) is 0 Å². The van der Waals surface area contributed by atoms with Crippen LogP contribution in [0.3, 0.4) is 0 Å². The lowest BCUT2D eigenvalue weighted by Gasteiger charge is -2.17. The molecule has 0 aliphatic heterocycles. The highest BCUT2D eigenvalue weighted by Crippen LogP contribution is 2.34. The molecule has 0 fully saturated rings. The summed E-state index contributed by atoms with van der Waals surface area (Å²) in [7, 11) is 5.17.